The summed E-state index contributed by atoms with van der Waals surface area (Å²) >= 11 is 0. The Bertz CT molecular complexity index is 904. The van der Waals surface area contributed by atoms with Gasteiger partial charge in [0.15, 0.2) is 6.10 Å². The number of unbranched alkanes of at least 4 members (excludes halogenated alkanes) is 7. The van der Waals surface area contributed by atoms with Crippen LogP contribution in [0.5, 0.6) is 0 Å². The fourth-order valence-corrected chi connectivity index (χ4v) is 4.12. The van der Waals surface area contributed by atoms with E-state index in [1.165, 1.54) is 12.8 Å². The van der Waals surface area contributed by atoms with Crippen molar-refractivity contribution < 1.29 is 42.9 Å². The van der Waals surface area contributed by atoms with Gasteiger partial charge in [0.05, 0.1) is 34.4 Å². The van der Waals surface area contributed by atoms with E-state index in [9.17, 15) is 19.5 Å². The summed E-state index contributed by atoms with van der Waals surface area (Å²) < 4.78 is 22.4. The van der Waals surface area contributed by atoms with Gasteiger partial charge < -0.3 is 28.5 Å². The summed E-state index contributed by atoms with van der Waals surface area (Å²) in [4.78, 5) is 36.6. The molecule has 0 rings (SSSR count). The molecule has 0 amide bonds. The second kappa shape index (κ2) is 29.6. The molecule has 46 heavy (non-hydrogen) atoms. The molecule has 0 aliphatic heterocycles. The van der Waals surface area contributed by atoms with Crippen LogP contribution in [0.1, 0.15) is 110 Å². The van der Waals surface area contributed by atoms with E-state index in [0.29, 0.717) is 17.4 Å². The van der Waals surface area contributed by atoms with E-state index in [2.05, 4.69) is 62.5 Å². The Morgan fingerprint density at radius 1 is 0.674 bits per heavy atom. The molecular weight excluding hydrogens is 586 g/mol. The van der Waals surface area contributed by atoms with Gasteiger partial charge in [-0.2, -0.15) is 0 Å². The van der Waals surface area contributed by atoms with Crippen LogP contribution in [0, 0.1) is 0 Å². The molecule has 2 unspecified atom stereocenters. The molecule has 0 aromatic carbocycles. The minimum atomic E-state index is -1.52. The van der Waals surface area contributed by atoms with E-state index in [1.807, 2.05) is 21.1 Å². The normalized spacial score (nSPS) is 13.7. The number of carbonyl (C=O) groups excluding carboxylic acids is 2. The molecule has 0 aliphatic rings. The van der Waals surface area contributed by atoms with Crippen molar-refractivity contribution in [2.24, 2.45) is 0 Å². The van der Waals surface area contributed by atoms with Crippen molar-refractivity contribution in [1.82, 2.24) is 0 Å². The highest BCUT2D eigenvalue weighted by molar-refractivity contribution is 5.71. The third-order valence-corrected chi connectivity index (χ3v) is 6.85. The minimum absolute atomic E-state index is 0.178. The monoisotopic (exact) mass is 650 g/mol. The summed E-state index contributed by atoms with van der Waals surface area (Å²) in [5.74, 6) is -2.09. The van der Waals surface area contributed by atoms with Gasteiger partial charge in [-0.15, -0.1) is 0 Å². The lowest BCUT2D eigenvalue weighted by atomic mass is 10.1. The molecule has 0 heterocycles. The number of rotatable bonds is 30. The maximum absolute atomic E-state index is 12.6. The number of ether oxygens (including phenoxy) is 4. The molecule has 0 saturated carbocycles. The second-order valence-electron chi connectivity index (χ2n) is 12.4. The van der Waals surface area contributed by atoms with Gasteiger partial charge in [-0.05, 0) is 51.4 Å². The fourth-order valence-electron chi connectivity index (χ4n) is 4.12. The number of aliphatic carboxylic acids is 1. The number of likely N-dealkylation sites (N-methyl/N-ethyl adjacent to an activating group) is 1. The number of esters is 2. The maximum Gasteiger partial charge on any atom is 0.361 e. The number of carbonyl (C=O) groups is 3. The van der Waals surface area contributed by atoms with Gasteiger partial charge in [0.1, 0.15) is 13.2 Å². The van der Waals surface area contributed by atoms with Crippen molar-refractivity contribution in [3.8, 4) is 0 Å². The minimum Gasteiger partial charge on any atom is -0.477 e. The van der Waals surface area contributed by atoms with Gasteiger partial charge >= 0.3 is 17.9 Å². The van der Waals surface area contributed by atoms with Crippen LogP contribution in [0.25, 0.3) is 0 Å². The summed E-state index contributed by atoms with van der Waals surface area (Å²) in [5, 5.41) is 9.53. The average molecular weight is 651 g/mol. The lowest BCUT2D eigenvalue weighted by molar-refractivity contribution is -0.870. The highest BCUT2D eigenvalue weighted by atomic mass is 16.7. The molecule has 0 spiro atoms. The quantitative estimate of drug-likeness (QED) is 0.0277. The van der Waals surface area contributed by atoms with Gasteiger partial charge in [-0.25, -0.2) is 4.79 Å². The van der Waals surface area contributed by atoms with E-state index in [-0.39, 0.29) is 38.6 Å². The molecule has 0 fully saturated rings. The zero-order chi connectivity index (χ0) is 34.3. The highest BCUT2D eigenvalue weighted by Gasteiger charge is 2.25. The van der Waals surface area contributed by atoms with Gasteiger partial charge in [0.25, 0.3) is 6.29 Å². The lowest BCUT2D eigenvalue weighted by Crippen LogP contribution is -2.40. The first-order chi connectivity index (χ1) is 22.1. The number of carboxylic acids is 1. The largest absolute Gasteiger partial charge is 0.477 e. The molecule has 9 nitrogen and oxygen atoms in total. The smallest absolute Gasteiger partial charge is 0.361 e. The van der Waals surface area contributed by atoms with Crippen LogP contribution in [-0.2, 0) is 33.3 Å². The van der Waals surface area contributed by atoms with Crippen LogP contribution in [0.4, 0.5) is 0 Å². The summed E-state index contributed by atoms with van der Waals surface area (Å²) in [7, 11) is 5.91. The second-order valence-corrected chi connectivity index (χ2v) is 12.4. The summed E-state index contributed by atoms with van der Waals surface area (Å²) in [6, 6.07) is 0. The number of carboxylic acid groups (broad SMARTS) is 1. The van der Waals surface area contributed by atoms with Crippen LogP contribution in [0.3, 0.4) is 0 Å². The van der Waals surface area contributed by atoms with E-state index in [0.717, 1.165) is 64.2 Å². The van der Waals surface area contributed by atoms with E-state index >= 15 is 0 Å². The standard InChI is InChI=1S/C37H63NO8/c1-6-8-10-12-14-15-16-17-18-19-20-21-22-24-26-28-35(40)46-33(31-44-34(39)27-25-23-13-11-9-7-2)32-45-37(36(41)42)43-30-29-38(3,4)5/h8,10,14-15,17-18,20-21,33,37H,6-7,9,11-13,16,19,22-32H2,1-5H3/p+1/b10-8-,15-14-,18-17-,21-20-. The average Bonchev–Trinajstić information content (AvgIpc) is 3.00. The highest BCUT2D eigenvalue weighted by Crippen LogP contribution is 2.10. The molecule has 0 aromatic rings. The molecular formula is C37H64NO8+. The Morgan fingerprint density at radius 3 is 1.85 bits per heavy atom. The first-order valence-corrected chi connectivity index (χ1v) is 17.3. The van der Waals surface area contributed by atoms with Crippen molar-refractivity contribution in [1.29, 1.82) is 0 Å². The van der Waals surface area contributed by atoms with E-state index in [4.69, 9.17) is 18.9 Å². The molecule has 9 heteroatoms. The predicted octanol–water partition coefficient (Wildman–Crippen LogP) is 7.71. The van der Waals surface area contributed by atoms with Crippen molar-refractivity contribution in [2.45, 2.75) is 123 Å². The third kappa shape index (κ3) is 29.9. The molecule has 0 aromatic heterocycles. The number of hydrogen-bond donors (Lipinski definition) is 1. The van der Waals surface area contributed by atoms with Crippen molar-refractivity contribution in [2.75, 3.05) is 47.5 Å². The Kier molecular flexibility index (Phi) is 27.9. The number of quaternary nitrogens is 1. The number of nitrogens with zero attached hydrogens (tertiary/aromatic N) is 1. The molecule has 0 bridgehead atoms. The molecule has 2 atom stereocenters. The first kappa shape index (κ1) is 43.2. The maximum atomic E-state index is 12.6. The van der Waals surface area contributed by atoms with E-state index < -0.39 is 24.3 Å². The van der Waals surface area contributed by atoms with Crippen LogP contribution in [-0.4, -0.2) is 87.4 Å². The summed E-state index contributed by atoms with van der Waals surface area (Å²) in [5.41, 5.74) is 0. The predicted molar refractivity (Wildman–Crippen MR) is 184 cm³/mol. The Balaban J connectivity index is 4.64. The first-order valence-electron chi connectivity index (χ1n) is 17.3. The molecule has 0 radical (unpaired) electrons. The number of hydrogen-bond acceptors (Lipinski definition) is 7. The summed E-state index contributed by atoms with van der Waals surface area (Å²) in [6.07, 6.45) is 27.8. The third-order valence-electron chi connectivity index (χ3n) is 6.85. The van der Waals surface area contributed by atoms with E-state index in [1.54, 1.807) is 0 Å². The van der Waals surface area contributed by atoms with Gasteiger partial charge in [-0.3, -0.25) is 9.59 Å². The van der Waals surface area contributed by atoms with Crippen LogP contribution in [0.15, 0.2) is 48.6 Å². The Labute approximate surface area is 279 Å². The molecule has 0 saturated heterocycles. The van der Waals surface area contributed by atoms with Crippen LogP contribution < -0.4 is 0 Å². The van der Waals surface area contributed by atoms with Gasteiger partial charge in [0.2, 0.25) is 0 Å². The SMILES string of the molecule is CC/C=C\C/C=C\C/C=C\C/C=C\CCCCC(=O)OC(COC(=O)CCCCCCCC)COC(OCC[N+](C)(C)C)C(=O)O. The van der Waals surface area contributed by atoms with Crippen LogP contribution >= 0.6 is 0 Å². The number of allylic oxidation sites excluding steroid dienone is 8. The molecule has 1 N–H and O–H groups in total. The lowest BCUT2D eigenvalue weighted by Gasteiger charge is -2.25. The topological polar surface area (TPSA) is 108 Å². The van der Waals surface area contributed by atoms with Crippen molar-refractivity contribution in [3.05, 3.63) is 48.6 Å². The summed E-state index contributed by atoms with van der Waals surface area (Å²) in [6.45, 7) is 4.59. The fraction of sp³-hybridized carbons (Fsp3) is 0.703. The molecule has 264 valence electrons. The van der Waals surface area contributed by atoms with Gasteiger partial charge in [0, 0.05) is 12.8 Å². The molecule has 0 aliphatic carbocycles. The Hall–Kier alpha value is -2.75. The Morgan fingerprint density at radius 2 is 1.24 bits per heavy atom. The zero-order valence-corrected chi connectivity index (χ0v) is 29.5. The van der Waals surface area contributed by atoms with Crippen LogP contribution in [0.2, 0.25) is 0 Å². The van der Waals surface area contributed by atoms with Crippen molar-refractivity contribution >= 4 is 17.9 Å². The zero-order valence-electron chi connectivity index (χ0n) is 29.5. The van der Waals surface area contributed by atoms with Gasteiger partial charge in [-0.1, -0.05) is 94.6 Å². The van der Waals surface area contributed by atoms with Crippen molar-refractivity contribution in [3.63, 3.8) is 0 Å².